The maximum absolute atomic E-state index is 12.0. The van der Waals surface area contributed by atoms with Crippen molar-refractivity contribution in [1.29, 1.82) is 0 Å². The molecule has 7 nitrogen and oxygen atoms in total. The van der Waals surface area contributed by atoms with Crippen molar-refractivity contribution in [2.75, 3.05) is 13.1 Å². The Morgan fingerprint density at radius 2 is 1.84 bits per heavy atom. The molecular weight excluding hydrogens is 271 g/mol. The van der Waals surface area contributed by atoms with Crippen LogP contribution in [0.25, 0.3) is 0 Å². The van der Waals surface area contributed by atoms with Gasteiger partial charge in [0.05, 0.1) is 6.42 Å². The van der Waals surface area contributed by atoms with Crippen molar-refractivity contribution in [3.63, 3.8) is 0 Å². The van der Waals surface area contributed by atoms with Crippen molar-refractivity contribution in [2.45, 2.75) is 25.6 Å². The normalized spacial score (nSPS) is 12.6. The van der Waals surface area contributed by atoms with Gasteiger partial charge in [0.1, 0.15) is 13.1 Å². The molecule has 110 valence electrons. The lowest BCUT2D eigenvalue weighted by Crippen LogP contribution is -2.49. The molecule has 0 aromatic rings. The van der Waals surface area contributed by atoms with Gasteiger partial charge in [-0.15, -0.1) is 0 Å². The number of hydrogen-bond acceptors (Lipinski definition) is 3. The number of carboxylic acids is 1. The van der Waals surface area contributed by atoms with E-state index in [-0.39, 0.29) is 0 Å². The summed E-state index contributed by atoms with van der Waals surface area (Å²) in [4.78, 5) is 33.1. The van der Waals surface area contributed by atoms with Crippen molar-refractivity contribution < 1.29 is 32.7 Å². The minimum Gasteiger partial charge on any atom is -0.480 e. The third kappa shape index (κ3) is 8.69. The monoisotopic (exact) mass is 285 g/mol. The molecule has 10 heteroatoms. The van der Waals surface area contributed by atoms with Crippen LogP contribution in [-0.2, 0) is 9.59 Å². The number of amides is 3. The van der Waals surface area contributed by atoms with Gasteiger partial charge in [-0.2, -0.15) is 13.2 Å². The summed E-state index contributed by atoms with van der Waals surface area (Å²) < 4.78 is 36.1. The highest BCUT2D eigenvalue weighted by molar-refractivity contribution is 5.86. The van der Waals surface area contributed by atoms with Gasteiger partial charge in [-0.05, 0) is 6.92 Å². The number of rotatable bonds is 6. The minimum absolute atomic E-state index is 0.511. The molecule has 1 atom stereocenters. The summed E-state index contributed by atoms with van der Waals surface area (Å²) in [5.41, 5.74) is 4.81. The Labute approximate surface area is 106 Å². The number of urea groups is 1. The quantitative estimate of drug-likeness (QED) is 0.633. The number of primary amides is 1. The molecule has 0 saturated carbocycles. The van der Waals surface area contributed by atoms with Gasteiger partial charge in [-0.3, -0.25) is 9.59 Å². The van der Waals surface area contributed by atoms with Crippen molar-refractivity contribution in [3.8, 4) is 0 Å². The second-order valence-corrected chi connectivity index (χ2v) is 3.89. The fraction of sp³-hybridized carbons (Fsp3) is 0.667. The molecule has 0 aromatic carbocycles. The number of aliphatic carboxylic acids is 1. The first-order valence-electron chi connectivity index (χ1n) is 5.13. The van der Waals surface area contributed by atoms with Crippen molar-refractivity contribution in [1.82, 2.24) is 10.2 Å². The summed E-state index contributed by atoms with van der Waals surface area (Å²) in [6, 6.07) is -2.35. The highest BCUT2D eigenvalue weighted by Gasteiger charge is 2.31. The maximum Gasteiger partial charge on any atom is 0.391 e. The number of hydrogen-bond donors (Lipinski definition) is 3. The summed E-state index contributed by atoms with van der Waals surface area (Å²) in [5.74, 6) is -2.39. The summed E-state index contributed by atoms with van der Waals surface area (Å²) in [6.07, 6.45) is -5.73. The standard InChI is InChI=1S/C9H14F3N3O4/c1-5(2-9(10,11)12)14-8(19)15(3-6(13)16)4-7(17)18/h5H,2-4H2,1H3,(H2,13,16)(H,14,19)(H,17,18). The topological polar surface area (TPSA) is 113 Å². The van der Waals surface area contributed by atoms with Crippen molar-refractivity contribution in [3.05, 3.63) is 0 Å². The zero-order valence-corrected chi connectivity index (χ0v) is 10.0. The molecular formula is C9H14F3N3O4. The average molecular weight is 285 g/mol. The molecule has 0 saturated heterocycles. The van der Waals surface area contributed by atoms with Crippen LogP contribution in [0, 0.1) is 0 Å². The number of carbonyl (C=O) groups excluding carboxylic acids is 2. The van der Waals surface area contributed by atoms with Crippen LogP contribution in [0.1, 0.15) is 13.3 Å². The number of nitrogens with two attached hydrogens (primary N) is 1. The van der Waals surface area contributed by atoms with Gasteiger partial charge in [-0.25, -0.2) is 4.79 Å². The Balaban J connectivity index is 4.54. The molecule has 0 aromatic heterocycles. The largest absolute Gasteiger partial charge is 0.480 e. The average Bonchev–Trinajstić information content (AvgIpc) is 2.11. The molecule has 0 rings (SSSR count). The van der Waals surface area contributed by atoms with E-state index < -0.39 is 49.6 Å². The number of alkyl halides is 3. The van der Waals surface area contributed by atoms with Crippen LogP contribution in [0.15, 0.2) is 0 Å². The van der Waals surface area contributed by atoms with Crippen LogP contribution in [0.2, 0.25) is 0 Å². The van der Waals surface area contributed by atoms with Gasteiger partial charge in [0, 0.05) is 6.04 Å². The Bertz CT molecular complexity index is 343. The molecule has 3 amide bonds. The lowest BCUT2D eigenvalue weighted by atomic mass is 10.2. The predicted octanol–water partition coefficient (Wildman–Crippen LogP) is -0.0912. The Morgan fingerprint density at radius 3 is 2.21 bits per heavy atom. The SMILES string of the molecule is CC(CC(F)(F)F)NC(=O)N(CC(N)=O)CC(=O)O. The Kier molecular flexibility index (Phi) is 6.09. The van der Waals surface area contributed by atoms with Crippen LogP contribution in [-0.4, -0.2) is 53.2 Å². The minimum atomic E-state index is -4.46. The van der Waals surface area contributed by atoms with Gasteiger partial charge in [0.25, 0.3) is 0 Å². The third-order valence-electron chi connectivity index (χ3n) is 1.87. The number of nitrogens with zero attached hydrogens (tertiary/aromatic N) is 1. The van der Waals surface area contributed by atoms with E-state index in [1.807, 2.05) is 5.32 Å². The molecule has 1 unspecified atom stereocenters. The highest BCUT2D eigenvalue weighted by atomic mass is 19.4. The first-order valence-corrected chi connectivity index (χ1v) is 5.13. The molecule has 0 aliphatic heterocycles. The third-order valence-corrected chi connectivity index (χ3v) is 1.87. The van der Waals surface area contributed by atoms with Crippen molar-refractivity contribution in [2.24, 2.45) is 5.73 Å². The molecule has 0 aliphatic rings. The van der Waals surface area contributed by atoms with Gasteiger partial charge in [0.15, 0.2) is 0 Å². The molecule has 0 aliphatic carbocycles. The first kappa shape index (κ1) is 17.0. The van der Waals surface area contributed by atoms with E-state index in [0.717, 1.165) is 6.92 Å². The molecule has 19 heavy (non-hydrogen) atoms. The predicted molar refractivity (Wildman–Crippen MR) is 57.1 cm³/mol. The summed E-state index contributed by atoms with van der Waals surface area (Å²) in [6.45, 7) is -0.432. The molecule has 0 radical (unpaired) electrons. The molecule has 4 N–H and O–H groups in total. The second-order valence-electron chi connectivity index (χ2n) is 3.89. The maximum atomic E-state index is 12.0. The summed E-state index contributed by atoms with van der Waals surface area (Å²) in [5, 5.41) is 10.5. The van der Waals surface area contributed by atoms with Crippen LogP contribution >= 0.6 is 0 Å². The number of carbonyl (C=O) groups is 3. The first-order chi connectivity index (χ1) is 8.51. The number of carboxylic acid groups (broad SMARTS) is 1. The van der Waals surface area contributed by atoms with E-state index in [2.05, 4.69) is 0 Å². The van der Waals surface area contributed by atoms with Gasteiger partial charge >= 0.3 is 18.2 Å². The van der Waals surface area contributed by atoms with Crippen LogP contribution in [0.5, 0.6) is 0 Å². The number of nitrogens with one attached hydrogen (secondary N) is 1. The Hall–Kier alpha value is -2.00. The van der Waals surface area contributed by atoms with Crippen LogP contribution < -0.4 is 11.1 Å². The smallest absolute Gasteiger partial charge is 0.391 e. The van der Waals surface area contributed by atoms with E-state index in [9.17, 15) is 27.6 Å². The molecule has 0 spiro atoms. The van der Waals surface area contributed by atoms with E-state index >= 15 is 0 Å². The number of halogens is 3. The van der Waals surface area contributed by atoms with E-state index in [0.29, 0.717) is 4.90 Å². The Morgan fingerprint density at radius 1 is 1.32 bits per heavy atom. The zero-order chi connectivity index (χ0) is 15.2. The fourth-order valence-corrected chi connectivity index (χ4v) is 1.25. The lowest BCUT2D eigenvalue weighted by molar-refractivity contribution is -0.140. The fourth-order valence-electron chi connectivity index (χ4n) is 1.25. The summed E-state index contributed by atoms with van der Waals surface area (Å²) in [7, 11) is 0. The van der Waals surface area contributed by atoms with Crippen molar-refractivity contribution >= 4 is 17.9 Å². The van der Waals surface area contributed by atoms with E-state index in [1.165, 1.54) is 0 Å². The second kappa shape index (κ2) is 6.81. The van der Waals surface area contributed by atoms with Gasteiger partial charge < -0.3 is 21.1 Å². The highest BCUT2D eigenvalue weighted by Crippen LogP contribution is 2.21. The molecule has 0 bridgehead atoms. The van der Waals surface area contributed by atoms with Crippen LogP contribution in [0.3, 0.4) is 0 Å². The molecule has 0 heterocycles. The van der Waals surface area contributed by atoms with E-state index in [4.69, 9.17) is 10.8 Å². The summed E-state index contributed by atoms with van der Waals surface area (Å²) >= 11 is 0. The van der Waals surface area contributed by atoms with Gasteiger partial charge in [0.2, 0.25) is 5.91 Å². The van der Waals surface area contributed by atoms with Crippen LogP contribution in [0.4, 0.5) is 18.0 Å². The van der Waals surface area contributed by atoms with Gasteiger partial charge in [-0.1, -0.05) is 0 Å². The van der Waals surface area contributed by atoms with E-state index in [1.54, 1.807) is 0 Å². The lowest BCUT2D eigenvalue weighted by Gasteiger charge is -2.23. The zero-order valence-electron chi connectivity index (χ0n) is 10.0. The molecule has 0 fully saturated rings.